The van der Waals surface area contributed by atoms with E-state index in [4.69, 9.17) is 4.42 Å². The predicted molar refractivity (Wildman–Crippen MR) is 93.1 cm³/mol. The second kappa shape index (κ2) is 6.80. The van der Waals surface area contributed by atoms with Crippen molar-refractivity contribution in [3.63, 3.8) is 0 Å². The molecule has 0 bridgehead atoms. The van der Waals surface area contributed by atoms with Gasteiger partial charge in [-0.3, -0.25) is 0 Å². The Hall–Kier alpha value is -2.39. The number of rotatable bonds is 5. The van der Waals surface area contributed by atoms with Gasteiger partial charge in [0.05, 0.1) is 5.69 Å². The lowest BCUT2D eigenvalue weighted by Crippen LogP contribution is -2.18. The number of nitrogens with zero attached hydrogens (tertiary/aromatic N) is 1. The van der Waals surface area contributed by atoms with Gasteiger partial charge >= 0.3 is 0 Å². The Kier molecular flexibility index (Phi) is 4.58. The molecule has 0 saturated carbocycles. The summed E-state index contributed by atoms with van der Waals surface area (Å²) >= 11 is 0. The van der Waals surface area contributed by atoms with Crippen LogP contribution in [0, 0.1) is 13.8 Å². The first kappa shape index (κ1) is 15.5. The lowest BCUT2D eigenvalue weighted by molar-refractivity contribution is 0.553. The second-order valence-electron chi connectivity index (χ2n) is 6.02. The molecule has 1 atom stereocenters. The number of aromatic nitrogens is 1. The first-order chi connectivity index (χ1) is 11.1. The average Bonchev–Trinajstić information content (AvgIpc) is 3.03. The molecule has 0 unspecified atom stereocenters. The molecule has 23 heavy (non-hydrogen) atoms. The van der Waals surface area contributed by atoms with Crippen LogP contribution in [0.25, 0.3) is 11.5 Å². The van der Waals surface area contributed by atoms with Crippen LogP contribution in [0.4, 0.5) is 0 Å². The first-order valence-electron chi connectivity index (χ1n) is 7.93. The van der Waals surface area contributed by atoms with Crippen molar-refractivity contribution in [1.29, 1.82) is 0 Å². The van der Waals surface area contributed by atoms with E-state index in [1.807, 2.05) is 12.1 Å². The van der Waals surface area contributed by atoms with E-state index in [1.54, 1.807) is 6.26 Å². The maximum Gasteiger partial charge on any atom is 0.226 e. The van der Waals surface area contributed by atoms with Crippen LogP contribution in [-0.2, 0) is 6.54 Å². The molecular formula is C20H22N2O. The summed E-state index contributed by atoms with van der Waals surface area (Å²) in [6.07, 6.45) is 1.73. The normalized spacial score (nSPS) is 12.3. The van der Waals surface area contributed by atoms with Crippen LogP contribution in [-0.4, -0.2) is 4.98 Å². The lowest BCUT2D eigenvalue weighted by Gasteiger charge is -2.13. The zero-order valence-electron chi connectivity index (χ0n) is 13.8. The van der Waals surface area contributed by atoms with Gasteiger partial charge in [0.1, 0.15) is 6.26 Å². The van der Waals surface area contributed by atoms with Crippen LogP contribution in [0.15, 0.2) is 59.2 Å². The summed E-state index contributed by atoms with van der Waals surface area (Å²) in [5.74, 6) is 0.671. The van der Waals surface area contributed by atoms with Gasteiger partial charge in [0.2, 0.25) is 5.89 Å². The Morgan fingerprint density at radius 2 is 1.57 bits per heavy atom. The van der Waals surface area contributed by atoms with Gasteiger partial charge in [-0.1, -0.05) is 47.5 Å². The fourth-order valence-corrected chi connectivity index (χ4v) is 2.45. The maximum absolute atomic E-state index is 5.59. The zero-order valence-corrected chi connectivity index (χ0v) is 13.8. The fraction of sp³-hybridized carbons (Fsp3) is 0.250. The third-order valence-corrected chi connectivity index (χ3v) is 4.02. The Morgan fingerprint density at radius 1 is 0.957 bits per heavy atom. The summed E-state index contributed by atoms with van der Waals surface area (Å²) in [5, 5.41) is 3.49. The molecule has 0 radical (unpaired) electrons. The molecule has 3 nitrogen and oxygen atoms in total. The SMILES string of the molecule is Cc1ccc(-c2nc(CN[C@H](C)c3ccc(C)cc3)co2)cc1. The molecule has 1 heterocycles. The lowest BCUT2D eigenvalue weighted by atomic mass is 10.1. The molecule has 1 aromatic heterocycles. The summed E-state index contributed by atoms with van der Waals surface area (Å²) in [6, 6.07) is 17.1. The van der Waals surface area contributed by atoms with Crippen molar-refractivity contribution < 1.29 is 4.42 Å². The van der Waals surface area contributed by atoms with E-state index >= 15 is 0 Å². The standard InChI is InChI=1S/C20H22N2O/c1-14-4-8-17(9-5-14)16(3)21-12-19-13-23-20(22-19)18-10-6-15(2)7-11-18/h4-11,13,16,21H,12H2,1-3H3/t16-/m1/s1. The van der Waals surface area contributed by atoms with Crippen molar-refractivity contribution in [2.45, 2.75) is 33.4 Å². The molecule has 0 aliphatic heterocycles. The van der Waals surface area contributed by atoms with E-state index in [-0.39, 0.29) is 6.04 Å². The van der Waals surface area contributed by atoms with Crippen LogP contribution >= 0.6 is 0 Å². The largest absolute Gasteiger partial charge is 0.444 e. The Bertz CT molecular complexity index is 757. The highest BCUT2D eigenvalue weighted by molar-refractivity contribution is 5.53. The third-order valence-electron chi connectivity index (χ3n) is 4.02. The molecule has 3 heteroatoms. The smallest absolute Gasteiger partial charge is 0.226 e. The summed E-state index contributed by atoms with van der Waals surface area (Å²) in [7, 11) is 0. The molecule has 2 aromatic carbocycles. The minimum absolute atomic E-state index is 0.273. The molecule has 0 saturated heterocycles. The molecule has 0 fully saturated rings. The Balaban J connectivity index is 1.63. The molecule has 1 N–H and O–H groups in total. The minimum Gasteiger partial charge on any atom is -0.444 e. The topological polar surface area (TPSA) is 38.1 Å². The van der Waals surface area contributed by atoms with Crippen LogP contribution in [0.3, 0.4) is 0 Å². The number of aryl methyl sites for hydroxylation is 2. The Morgan fingerprint density at radius 3 is 2.22 bits per heavy atom. The van der Waals surface area contributed by atoms with Crippen molar-refractivity contribution in [3.05, 3.63) is 77.2 Å². The summed E-state index contributed by atoms with van der Waals surface area (Å²) in [6.45, 7) is 7.01. The summed E-state index contributed by atoms with van der Waals surface area (Å²) in [4.78, 5) is 4.56. The molecule has 0 aliphatic rings. The average molecular weight is 306 g/mol. The van der Waals surface area contributed by atoms with Crippen molar-refractivity contribution >= 4 is 0 Å². The number of oxazole rings is 1. The minimum atomic E-state index is 0.273. The molecule has 0 spiro atoms. The predicted octanol–water partition coefficient (Wildman–Crippen LogP) is 4.81. The highest BCUT2D eigenvalue weighted by Gasteiger charge is 2.09. The molecule has 0 aliphatic carbocycles. The van der Waals surface area contributed by atoms with Crippen molar-refractivity contribution in [2.75, 3.05) is 0 Å². The third kappa shape index (κ3) is 3.88. The quantitative estimate of drug-likeness (QED) is 0.735. The molecular weight excluding hydrogens is 284 g/mol. The van der Waals surface area contributed by atoms with E-state index in [1.165, 1.54) is 16.7 Å². The number of nitrogens with one attached hydrogen (secondary N) is 1. The molecule has 3 rings (SSSR count). The van der Waals surface area contributed by atoms with Crippen molar-refractivity contribution in [2.24, 2.45) is 0 Å². The fourth-order valence-electron chi connectivity index (χ4n) is 2.45. The number of hydrogen-bond donors (Lipinski definition) is 1. The van der Waals surface area contributed by atoms with E-state index < -0.39 is 0 Å². The van der Waals surface area contributed by atoms with E-state index in [0.29, 0.717) is 12.4 Å². The zero-order chi connectivity index (χ0) is 16.2. The van der Waals surface area contributed by atoms with E-state index in [2.05, 4.69) is 67.5 Å². The van der Waals surface area contributed by atoms with Crippen molar-refractivity contribution in [3.8, 4) is 11.5 Å². The Labute approximate surface area is 137 Å². The van der Waals surface area contributed by atoms with Gasteiger partial charge in [-0.25, -0.2) is 4.98 Å². The number of benzene rings is 2. The first-order valence-corrected chi connectivity index (χ1v) is 7.93. The van der Waals surface area contributed by atoms with Gasteiger partial charge in [-0.15, -0.1) is 0 Å². The number of hydrogen-bond acceptors (Lipinski definition) is 3. The molecule has 118 valence electrons. The van der Waals surface area contributed by atoms with E-state index in [0.717, 1.165) is 11.3 Å². The summed E-state index contributed by atoms with van der Waals surface area (Å²) in [5.41, 5.74) is 5.71. The van der Waals surface area contributed by atoms with Crippen LogP contribution in [0.2, 0.25) is 0 Å². The second-order valence-corrected chi connectivity index (χ2v) is 6.02. The monoisotopic (exact) mass is 306 g/mol. The van der Waals surface area contributed by atoms with Gasteiger partial charge in [0.25, 0.3) is 0 Å². The van der Waals surface area contributed by atoms with Gasteiger partial charge < -0.3 is 9.73 Å². The van der Waals surface area contributed by atoms with Gasteiger partial charge in [-0.2, -0.15) is 0 Å². The van der Waals surface area contributed by atoms with Crippen molar-refractivity contribution in [1.82, 2.24) is 10.3 Å². The van der Waals surface area contributed by atoms with E-state index in [9.17, 15) is 0 Å². The summed E-state index contributed by atoms with van der Waals surface area (Å²) < 4.78 is 5.59. The van der Waals surface area contributed by atoms with Gasteiger partial charge in [0, 0.05) is 18.2 Å². The van der Waals surface area contributed by atoms with Crippen LogP contribution < -0.4 is 5.32 Å². The van der Waals surface area contributed by atoms with Gasteiger partial charge in [-0.05, 0) is 38.5 Å². The van der Waals surface area contributed by atoms with Crippen LogP contribution in [0.5, 0.6) is 0 Å². The van der Waals surface area contributed by atoms with Crippen LogP contribution in [0.1, 0.15) is 35.3 Å². The molecule has 0 amide bonds. The highest BCUT2D eigenvalue weighted by atomic mass is 16.3. The maximum atomic E-state index is 5.59. The molecule has 3 aromatic rings. The van der Waals surface area contributed by atoms with Gasteiger partial charge in [0.15, 0.2) is 0 Å². The highest BCUT2D eigenvalue weighted by Crippen LogP contribution is 2.20.